The quantitative estimate of drug-likeness (QED) is 0.623. The van der Waals surface area contributed by atoms with Crippen molar-refractivity contribution in [1.82, 2.24) is 4.57 Å². The highest BCUT2D eigenvalue weighted by Gasteiger charge is 2.30. The number of halogens is 3. The first-order chi connectivity index (χ1) is 8.84. The van der Waals surface area contributed by atoms with Gasteiger partial charge < -0.3 is 9.30 Å². The van der Waals surface area contributed by atoms with Gasteiger partial charge in [-0.05, 0) is 13.0 Å². The Labute approximate surface area is 107 Å². The van der Waals surface area contributed by atoms with E-state index < -0.39 is 23.3 Å². The summed E-state index contributed by atoms with van der Waals surface area (Å²) in [7, 11) is 0. The number of ether oxygens (including phenoxy) is 1. The third kappa shape index (κ3) is 4.61. The Morgan fingerprint density at radius 2 is 2.16 bits per heavy atom. The summed E-state index contributed by atoms with van der Waals surface area (Å²) in [6.45, 7) is 1.87. The Balaban J connectivity index is 2.77. The van der Waals surface area contributed by atoms with Crippen molar-refractivity contribution in [3.05, 3.63) is 46.4 Å². The lowest BCUT2D eigenvalue weighted by molar-refractivity contribution is -0.138. The SMILES string of the molecule is CCOC(=O)/C=C/Cn1ccc(C(F)(F)F)cc1=O. The van der Waals surface area contributed by atoms with Crippen LogP contribution in [0.15, 0.2) is 35.3 Å². The molecule has 7 heteroatoms. The highest BCUT2D eigenvalue weighted by atomic mass is 19.4. The van der Waals surface area contributed by atoms with Crippen LogP contribution in [0.1, 0.15) is 12.5 Å². The smallest absolute Gasteiger partial charge is 0.416 e. The zero-order valence-corrected chi connectivity index (χ0v) is 10.1. The molecule has 0 spiro atoms. The summed E-state index contributed by atoms with van der Waals surface area (Å²) in [5.74, 6) is -0.567. The molecule has 0 bridgehead atoms. The second-order valence-electron chi connectivity index (χ2n) is 3.56. The fourth-order valence-electron chi connectivity index (χ4n) is 1.29. The minimum absolute atomic E-state index is 0.00418. The molecule has 0 saturated heterocycles. The molecule has 1 aromatic heterocycles. The molecule has 19 heavy (non-hydrogen) atoms. The van der Waals surface area contributed by atoms with Crippen molar-refractivity contribution in [2.45, 2.75) is 19.6 Å². The van der Waals surface area contributed by atoms with Crippen molar-refractivity contribution < 1.29 is 22.7 Å². The lowest BCUT2D eigenvalue weighted by Crippen LogP contribution is -2.21. The van der Waals surface area contributed by atoms with E-state index in [4.69, 9.17) is 0 Å². The molecule has 1 rings (SSSR count). The van der Waals surface area contributed by atoms with E-state index in [1.807, 2.05) is 0 Å². The summed E-state index contributed by atoms with van der Waals surface area (Å²) < 4.78 is 42.6. The molecule has 1 heterocycles. The van der Waals surface area contributed by atoms with Crippen molar-refractivity contribution in [1.29, 1.82) is 0 Å². The van der Waals surface area contributed by atoms with Gasteiger partial charge >= 0.3 is 12.1 Å². The normalized spacial score (nSPS) is 11.8. The van der Waals surface area contributed by atoms with Gasteiger partial charge in [0.05, 0.1) is 12.2 Å². The number of hydrogen-bond donors (Lipinski definition) is 0. The van der Waals surface area contributed by atoms with Gasteiger partial charge in [0, 0.05) is 24.9 Å². The second kappa shape index (κ2) is 6.21. The van der Waals surface area contributed by atoms with Gasteiger partial charge in [-0.2, -0.15) is 13.2 Å². The Morgan fingerprint density at radius 3 is 2.68 bits per heavy atom. The summed E-state index contributed by atoms with van der Waals surface area (Å²) in [5, 5.41) is 0. The standard InChI is InChI=1S/C12H12F3NO3/c1-2-19-11(18)4-3-6-16-7-5-9(8-10(16)17)12(13,14)15/h3-5,7-8H,2,6H2,1H3/b4-3+. The molecule has 1 aromatic rings. The maximum atomic E-state index is 12.3. The molecule has 0 aliphatic rings. The average Bonchev–Trinajstić information content (AvgIpc) is 2.30. The van der Waals surface area contributed by atoms with Crippen molar-refractivity contribution in [2.75, 3.05) is 6.61 Å². The Bertz CT molecular complexity index is 532. The van der Waals surface area contributed by atoms with Crippen molar-refractivity contribution in [3.63, 3.8) is 0 Å². The Morgan fingerprint density at radius 1 is 1.47 bits per heavy atom. The molecule has 0 amide bonds. The zero-order chi connectivity index (χ0) is 14.5. The Hall–Kier alpha value is -2.05. The number of alkyl halides is 3. The number of pyridine rings is 1. The molecule has 0 radical (unpaired) electrons. The fourth-order valence-corrected chi connectivity index (χ4v) is 1.29. The molecule has 0 aliphatic heterocycles. The molecule has 0 aliphatic carbocycles. The molecule has 0 N–H and O–H groups in total. The van der Waals surface area contributed by atoms with Crippen molar-refractivity contribution in [3.8, 4) is 0 Å². The average molecular weight is 275 g/mol. The lowest BCUT2D eigenvalue weighted by Gasteiger charge is -2.07. The molecule has 0 saturated carbocycles. The monoisotopic (exact) mass is 275 g/mol. The summed E-state index contributed by atoms with van der Waals surface area (Å²) >= 11 is 0. The molecule has 4 nitrogen and oxygen atoms in total. The van der Waals surface area contributed by atoms with E-state index in [0.29, 0.717) is 6.07 Å². The lowest BCUT2D eigenvalue weighted by atomic mass is 10.2. The zero-order valence-electron chi connectivity index (χ0n) is 10.1. The van der Waals surface area contributed by atoms with E-state index in [2.05, 4.69) is 4.74 Å². The highest BCUT2D eigenvalue weighted by molar-refractivity contribution is 5.81. The summed E-state index contributed by atoms with van der Waals surface area (Å²) in [5.41, 5.74) is -1.79. The van der Waals surface area contributed by atoms with Gasteiger partial charge in [0.1, 0.15) is 0 Å². The van der Waals surface area contributed by atoms with E-state index >= 15 is 0 Å². The second-order valence-corrected chi connectivity index (χ2v) is 3.56. The van der Waals surface area contributed by atoms with Crippen LogP contribution in [0.3, 0.4) is 0 Å². The van der Waals surface area contributed by atoms with Crippen molar-refractivity contribution in [2.24, 2.45) is 0 Å². The fraction of sp³-hybridized carbons (Fsp3) is 0.333. The third-order valence-electron chi connectivity index (χ3n) is 2.17. The number of nitrogens with zero attached hydrogens (tertiary/aromatic N) is 1. The van der Waals surface area contributed by atoms with E-state index in [0.717, 1.165) is 22.9 Å². The predicted molar refractivity (Wildman–Crippen MR) is 61.5 cm³/mol. The first-order valence-electron chi connectivity index (χ1n) is 5.45. The van der Waals surface area contributed by atoms with Gasteiger partial charge in [-0.25, -0.2) is 4.79 Å². The highest BCUT2D eigenvalue weighted by Crippen LogP contribution is 2.27. The maximum Gasteiger partial charge on any atom is 0.416 e. The van der Waals surface area contributed by atoms with Crippen LogP contribution in [0.5, 0.6) is 0 Å². The van der Waals surface area contributed by atoms with Crippen molar-refractivity contribution >= 4 is 5.97 Å². The molecule has 104 valence electrons. The van der Waals surface area contributed by atoms with E-state index in [1.54, 1.807) is 6.92 Å². The van der Waals surface area contributed by atoms with Crippen LogP contribution in [0, 0.1) is 0 Å². The van der Waals surface area contributed by atoms with Crippen LogP contribution in [0.4, 0.5) is 13.2 Å². The molecular weight excluding hydrogens is 263 g/mol. The van der Waals surface area contributed by atoms with Crippen LogP contribution in [-0.4, -0.2) is 17.1 Å². The number of hydrogen-bond acceptors (Lipinski definition) is 3. The van der Waals surface area contributed by atoms with Crippen LogP contribution in [0.25, 0.3) is 0 Å². The maximum absolute atomic E-state index is 12.3. The van der Waals surface area contributed by atoms with Gasteiger partial charge in [0.25, 0.3) is 5.56 Å². The first kappa shape index (κ1) is 15.0. The van der Waals surface area contributed by atoms with Gasteiger partial charge in [0.2, 0.25) is 0 Å². The van der Waals surface area contributed by atoms with E-state index in [-0.39, 0.29) is 13.2 Å². The van der Waals surface area contributed by atoms with Crippen LogP contribution < -0.4 is 5.56 Å². The molecular formula is C12H12F3NO3. The predicted octanol–water partition coefficient (Wildman–Crippen LogP) is 1.99. The topological polar surface area (TPSA) is 48.3 Å². The first-order valence-corrected chi connectivity index (χ1v) is 5.45. The Kier molecular flexibility index (Phi) is 4.91. The van der Waals surface area contributed by atoms with E-state index in [9.17, 15) is 22.8 Å². The van der Waals surface area contributed by atoms with Gasteiger partial charge in [-0.3, -0.25) is 4.79 Å². The number of aromatic nitrogens is 1. The van der Waals surface area contributed by atoms with Crippen LogP contribution in [0.2, 0.25) is 0 Å². The van der Waals surface area contributed by atoms with Gasteiger partial charge in [0.15, 0.2) is 0 Å². The molecule has 0 unspecified atom stereocenters. The molecule has 0 atom stereocenters. The van der Waals surface area contributed by atoms with Crippen LogP contribution in [-0.2, 0) is 22.3 Å². The third-order valence-corrected chi connectivity index (χ3v) is 2.17. The molecule has 0 fully saturated rings. The largest absolute Gasteiger partial charge is 0.463 e. The molecule has 0 aromatic carbocycles. The van der Waals surface area contributed by atoms with Gasteiger partial charge in [-0.15, -0.1) is 0 Å². The minimum Gasteiger partial charge on any atom is -0.463 e. The number of carbonyl (C=O) groups excluding carboxylic acids is 1. The number of esters is 1. The van der Waals surface area contributed by atoms with Gasteiger partial charge in [-0.1, -0.05) is 6.08 Å². The summed E-state index contributed by atoms with van der Waals surface area (Å²) in [4.78, 5) is 22.4. The number of rotatable bonds is 4. The number of carbonyl (C=O) groups is 1. The number of allylic oxidation sites excluding steroid dienone is 1. The van der Waals surface area contributed by atoms with Crippen LogP contribution >= 0.6 is 0 Å². The summed E-state index contributed by atoms with van der Waals surface area (Å²) in [6, 6.07) is 1.32. The van der Waals surface area contributed by atoms with E-state index in [1.165, 1.54) is 6.08 Å². The summed E-state index contributed by atoms with van der Waals surface area (Å²) in [6.07, 6.45) is -1.06. The minimum atomic E-state index is -4.54.